The van der Waals surface area contributed by atoms with Crippen molar-refractivity contribution in [2.45, 2.75) is 6.42 Å². The first kappa shape index (κ1) is 18.3. The maximum absolute atomic E-state index is 12.3. The van der Waals surface area contributed by atoms with E-state index in [-0.39, 0.29) is 12.3 Å². The first-order valence-corrected chi connectivity index (χ1v) is 8.25. The molecule has 27 heavy (non-hydrogen) atoms. The van der Waals surface area contributed by atoms with Gasteiger partial charge in [-0.1, -0.05) is 5.16 Å². The van der Waals surface area contributed by atoms with Crippen LogP contribution >= 0.6 is 0 Å². The van der Waals surface area contributed by atoms with E-state index in [4.69, 9.17) is 18.7 Å². The van der Waals surface area contributed by atoms with E-state index in [1.165, 1.54) is 0 Å². The van der Waals surface area contributed by atoms with Gasteiger partial charge in [0.1, 0.15) is 5.75 Å². The van der Waals surface area contributed by atoms with Crippen molar-refractivity contribution >= 4 is 11.6 Å². The molecule has 1 aromatic heterocycles. The van der Waals surface area contributed by atoms with Crippen molar-refractivity contribution in [2.24, 2.45) is 0 Å². The number of benzene rings is 2. The third-order valence-electron chi connectivity index (χ3n) is 3.94. The van der Waals surface area contributed by atoms with Crippen LogP contribution in [0.3, 0.4) is 0 Å². The van der Waals surface area contributed by atoms with E-state index in [9.17, 15) is 4.79 Å². The second kappa shape index (κ2) is 8.27. The molecule has 0 aliphatic rings. The molecule has 0 saturated carbocycles. The molecule has 0 fully saturated rings. The van der Waals surface area contributed by atoms with Gasteiger partial charge in [0.15, 0.2) is 17.3 Å². The average molecular weight is 368 g/mol. The van der Waals surface area contributed by atoms with Crippen LogP contribution < -0.4 is 19.5 Å². The number of aromatic nitrogens is 1. The zero-order valence-corrected chi connectivity index (χ0v) is 15.3. The summed E-state index contributed by atoms with van der Waals surface area (Å²) in [6.45, 7) is 0. The van der Waals surface area contributed by atoms with Crippen LogP contribution in [0.4, 0.5) is 5.69 Å². The number of nitrogens with zero attached hydrogens (tertiary/aromatic N) is 1. The van der Waals surface area contributed by atoms with Gasteiger partial charge in [-0.05, 0) is 36.4 Å². The Morgan fingerprint density at radius 1 is 0.963 bits per heavy atom. The van der Waals surface area contributed by atoms with Crippen molar-refractivity contribution < 1.29 is 23.5 Å². The first-order valence-electron chi connectivity index (χ1n) is 8.25. The molecule has 0 radical (unpaired) electrons. The van der Waals surface area contributed by atoms with E-state index in [1.54, 1.807) is 45.6 Å². The highest BCUT2D eigenvalue weighted by Crippen LogP contribution is 2.30. The third-order valence-corrected chi connectivity index (χ3v) is 3.94. The highest BCUT2D eigenvalue weighted by Gasteiger charge is 2.12. The van der Waals surface area contributed by atoms with Crippen LogP contribution in [0.5, 0.6) is 17.2 Å². The highest BCUT2D eigenvalue weighted by molar-refractivity contribution is 5.92. The predicted octanol–water partition coefficient (Wildman–Crippen LogP) is 3.55. The van der Waals surface area contributed by atoms with Gasteiger partial charge in [-0.25, -0.2) is 0 Å². The average Bonchev–Trinajstić information content (AvgIpc) is 3.16. The lowest BCUT2D eigenvalue weighted by atomic mass is 10.1. The molecule has 0 spiro atoms. The summed E-state index contributed by atoms with van der Waals surface area (Å²) in [6, 6.07) is 14.3. The van der Waals surface area contributed by atoms with Crippen molar-refractivity contribution in [3.8, 4) is 28.6 Å². The minimum absolute atomic E-state index is 0.0913. The molecule has 7 nitrogen and oxygen atoms in total. The van der Waals surface area contributed by atoms with Crippen molar-refractivity contribution in [2.75, 3.05) is 26.6 Å². The minimum Gasteiger partial charge on any atom is -0.497 e. The van der Waals surface area contributed by atoms with Gasteiger partial charge in [-0.3, -0.25) is 4.79 Å². The molecule has 7 heteroatoms. The van der Waals surface area contributed by atoms with E-state index in [1.807, 2.05) is 24.3 Å². The normalized spacial score (nSPS) is 10.3. The lowest BCUT2D eigenvalue weighted by Gasteiger charge is -2.10. The van der Waals surface area contributed by atoms with Gasteiger partial charge in [0, 0.05) is 23.4 Å². The summed E-state index contributed by atoms with van der Waals surface area (Å²) < 4.78 is 20.9. The fourth-order valence-corrected chi connectivity index (χ4v) is 2.57. The SMILES string of the molecule is COc1ccc(-c2cc(CC(=O)Nc3ccc(OC)c(OC)c3)no2)cc1. The Hall–Kier alpha value is -3.48. The van der Waals surface area contributed by atoms with Crippen LogP contribution in [0.2, 0.25) is 0 Å². The maximum Gasteiger partial charge on any atom is 0.230 e. The molecule has 1 amide bonds. The smallest absolute Gasteiger partial charge is 0.230 e. The Bertz CT molecular complexity index is 918. The second-order valence-corrected chi connectivity index (χ2v) is 5.71. The molecule has 0 aliphatic carbocycles. The van der Waals surface area contributed by atoms with Gasteiger partial charge in [0.25, 0.3) is 0 Å². The van der Waals surface area contributed by atoms with Crippen LogP contribution in [0, 0.1) is 0 Å². The monoisotopic (exact) mass is 368 g/mol. The minimum atomic E-state index is -0.211. The molecule has 0 unspecified atom stereocenters. The molecule has 0 aliphatic heterocycles. The summed E-state index contributed by atoms with van der Waals surface area (Å²) in [4.78, 5) is 12.3. The molecule has 0 saturated heterocycles. The van der Waals surface area contributed by atoms with Crippen LogP contribution in [-0.2, 0) is 11.2 Å². The Balaban J connectivity index is 1.65. The number of hydrogen-bond donors (Lipinski definition) is 1. The number of hydrogen-bond acceptors (Lipinski definition) is 6. The van der Waals surface area contributed by atoms with E-state index in [0.29, 0.717) is 28.6 Å². The van der Waals surface area contributed by atoms with Crippen molar-refractivity contribution in [3.05, 3.63) is 54.2 Å². The Kier molecular flexibility index (Phi) is 5.61. The summed E-state index contributed by atoms with van der Waals surface area (Å²) in [7, 11) is 4.71. The summed E-state index contributed by atoms with van der Waals surface area (Å²) in [5, 5.41) is 6.77. The van der Waals surface area contributed by atoms with Crippen molar-refractivity contribution in [3.63, 3.8) is 0 Å². The topological polar surface area (TPSA) is 82.8 Å². The third kappa shape index (κ3) is 4.38. The van der Waals surface area contributed by atoms with Crippen molar-refractivity contribution in [1.82, 2.24) is 5.16 Å². The fraction of sp³-hybridized carbons (Fsp3) is 0.200. The van der Waals surface area contributed by atoms with Crippen LogP contribution in [-0.4, -0.2) is 32.4 Å². The van der Waals surface area contributed by atoms with Gasteiger partial charge in [0.2, 0.25) is 5.91 Å². The van der Waals surface area contributed by atoms with Gasteiger partial charge in [0.05, 0.1) is 33.4 Å². The first-order chi connectivity index (χ1) is 13.1. The molecular formula is C20H20N2O5. The van der Waals surface area contributed by atoms with Gasteiger partial charge in [-0.15, -0.1) is 0 Å². The van der Waals surface area contributed by atoms with Gasteiger partial charge >= 0.3 is 0 Å². The number of carbonyl (C=O) groups excluding carboxylic acids is 1. The number of anilines is 1. The molecule has 1 N–H and O–H groups in total. The summed E-state index contributed by atoms with van der Waals surface area (Å²) in [5.41, 5.74) is 2.00. The number of ether oxygens (including phenoxy) is 3. The molecule has 2 aromatic carbocycles. The van der Waals surface area contributed by atoms with Gasteiger partial charge in [-0.2, -0.15) is 0 Å². The molecule has 140 valence electrons. The molecule has 3 rings (SSSR count). The standard InChI is InChI=1S/C20H20N2O5/c1-24-16-7-4-13(5-8-16)18-11-15(22-27-18)12-20(23)21-14-6-9-17(25-2)19(10-14)26-3/h4-11H,12H2,1-3H3,(H,21,23). The molecular weight excluding hydrogens is 348 g/mol. The zero-order valence-electron chi connectivity index (χ0n) is 15.3. The maximum atomic E-state index is 12.3. The molecule has 0 atom stereocenters. The van der Waals surface area contributed by atoms with E-state index in [2.05, 4.69) is 10.5 Å². The van der Waals surface area contributed by atoms with E-state index in [0.717, 1.165) is 11.3 Å². The van der Waals surface area contributed by atoms with E-state index < -0.39 is 0 Å². The van der Waals surface area contributed by atoms with Crippen LogP contribution in [0.15, 0.2) is 53.1 Å². The van der Waals surface area contributed by atoms with E-state index >= 15 is 0 Å². The highest BCUT2D eigenvalue weighted by atomic mass is 16.5. The number of carbonyl (C=O) groups is 1. The number of methoxy groups -OCH3 is 3. The summed E-state index contributed by atoms with van der Waals surface area (Å²) >= 11 is 0. The fourth-order valence-electron chi connectivity index (χ4n) is 2.57. The number of nitrogens with one attached hydrogen (secondary N) is 1. The lowest BCUT2D eigenvalue weighted by molar-refractivity contribution is -0.115. The number of rotatable bonds is 7. The molecule has 1 heterocycles. The molecule has 0 bridgehead atoms. The second-order valence-electron chi connectivity index (χ2n) is 5.71. The van der Waals surface area contributed by atoms with Crippen LogP contribution in [0.1, 0.15) is 5.69 Å². The Morgan fingerprint density at radius 3 is 2.37 bits per heavy atom. The predicted molar refractivity (Wildman–Crippen MR) is 100 cm³/mol. The summed E-state index contributed by atoms with van der Waals surface area (Å²) in [6.07, 6.45) is 0.0913. The Labute approximate surface area is 156 Å². The molecule has 3 aromatic rings. The zero-order chi connectivity index (χ0) is 19.2. The lowest BCUT2D eigenvalue weighted by Crippen LogP contribution is -2.14. The van der Waals surface area contributed by atoms with Crippen molar-refractivity contribution in [1.29, 1.82) is 0 Å². The largest absolute Gasteiger partial charge is 0.497 e. The Morgan fingerprint density at radius 2 is 1.70 bits per heavy atom. The van der Waals surface area contributed by atoms with Crippen LogP contribution in [0.25, 0.3) is 11.3 Å². The van der Waals surface area contributed by atoms with Gasteiger partial charge < -0.3 is 24.1 Å². The number of amides is 1. The summed E-state index contributed by atoms with van der Waals surface area (Å²) in [5.74, 6) is 2.27. The quantitative estimate of drug-likeness (QED) is 0.687.